The van der Waals surface area contributed by atoms with Crippen LogP contribution in [0.3, 0.4) is 0 Å². The van der Waals surface area contributed by atoms with Gasteiger partial charge in [-0.05, 0) is 50.2 Å². The van der Waals surface area contributed by atoms with Crippen molar-refractivity contribution in [3.05, 3.63) is 77.9 Å². The summed E-state index contributed by atoms with van der Waals surface area (Å²) >= 11 is 0. The van der Waals surface area contributed by atoms with Crippen LogP contribution in [0.4, 0.5) is 17.3 Å². The van der Waals surface area contributed by atoms with Crippen LogP contribution >= 0.6 is 0 Å². The number of nitrogens with zero attached hydrogens (tertiary/aromatic N) is 3. The van der Waals surface area contributed by atoms with E-state index >= 15 is 0 Å². The molecule has 1 aromatic heterocycles. The van der Waals surface area contributed by atoms with Gasteiger partial charge < -0.3 is 10.2 Å². The van der Waals surface area contributed by atoms with Gasteiger partial charge in [0.05, 0.1) is 0 Å². The molecule has 1 N–H and O–H groups in total. The van der Waals surface area contributed by atoms with Crippen molar-refractivity contribution in [1.82, 2.24) is 10.2 Å². The first-order valence-electron chi connectivity index (χ1n) is 8.21. The van der Waals surface area contributed by atoms with Crippen molar-refractivity contribution in [1.29, 1.82) is 0 Å². The molecule has 0 saturated carbocycles. The quantitative estimate of drug-likeness (QED) is 0.761. The number of anilines is 3. The van der Waals surface area contributed by atoms with Gasteiger partial charge in [0.15, 0.2) is 11.6 Å². The fourth-order valence-corrected chi connectivity index (χ4v) is 2.60. The van der Waals surface area contributed by atoms with Gasteiger partial charge in [-0.3, -0.25) is 4.79 Å². The molecule has 1 heterocycles. The van der Waals surface area contributed by atoms with Crippen LogP contribution in [0, 0.1) is 6.92 Å². The predicted octanol–water partition coefficient (Wildman–Crippen LogP) is 4.20. The van der Waals surface area contributed by atoms with Gasteiger partial charge >= 0.3 is 0 Å². The van der Waals surface area contributed by atoms with E-state index in [1.165, 1.54) is 0 Å². The largest absolute Gasteiger partial charge is 0.325 e. The van der Waals surface area contributed by atoms with E-state index in [0.717, 1.165) is 23.6 Å². The lowest BCUT2D eigenvalue weighted by molar-refractivity contribution is 0.102. The first kappa shape index (κ1) is 16.6. The zero-order valence-electron chi connectivity index (χ0n) is 14.3. The summed E-state index contributed by atoms with van der Waals surface area (Å²) in [5, 5.41) is 11.2. The molecule has 0 radical (unpaired) electrons. The molecule has 2 aromatic carbocycles. The molecule has 1 amide bonds. The third-order valence-corrected chi connectivity index (χ3v) is 3.83. The van der Waals surface area contributed by atoms with Gasteiger partial charge in [-0.25, -0.2) is 0 Å². The summed E-state index contributed by atoms with van der Waals surface area (Å²) in [6, 6.07) is 21.1. The van der Waals surface area contributed by atoms with Crippen LogP contribution in [-0.4, -0.2) is 22.6 Å². The summed E-state index contributed by atoms with van der Waals surface area (Å²) < 4.78 is 0. The molecule has 5 heteroatoms. The highest BCUT2D eigenvalue weighted by atomic mass is 16.1. The minimum Gasteiger partial charge on any atom is -0.325 e. The third kappa shape index (κ3) is 4.01. The summed E-state index contributed by atoms with van der Waals surface area (Å²) in [5.41, 5.74) is 2.69. The highest BCUT2D eigenvalue weighted by molar-refractivity contribution is 6.03. The van der Waals surface area contributed by atoms with Gasteiger partial charge in [-0.15, -0.1) is 10.2 Å². The van der Waals surface area contributed by atoms with Crippen molar-refractivity contribution in [2.75, 3.05) is 16.8 Å². The molecular formula is C20H20N4O. The first-order valence-corrected chi connectivity index (χ1v) is 8.21. The number of aromatic nitrogens is 2. The number of rotatable bonds is 5. The maximum absolute atomic E-state index is 12.3. The summed E-state index contributed by atoms with van der Waals surface area (Å²) in [6.07, 6.45) is 0. The number of aryl methyl sites for hydroxylation is 1. The van der Waals surface area contributed by atoms with Gasteiger partial charge in [0.25, 0.3) is 5.91 Å². The van der Waals surface area contributed by atoms with Crippen molar-refractivity contribution < 1.29 is 4.79 Å². The smallest absolute Gasteiger partial charge is 0.256 e. The van der Waals surface area contributed by atoms with Gasteiger partial charge in [-0.2, -0.15) is 0 Å². The second kappa shape index (κ2) is 7.57. The molecule has 25 heavy (non-hydrogen) atoms. The van der Waals surface area contributed by atoms with Crippen molar-refractivity contribution in [3.8, 4) is 0 Å². The van der Waals surface area contributed by atoms with E-state index in [2.05, 4.69) is 27.3 Å². The van der Waals surface area contributed by atoms with Crippen LogP contribution in [0.25, 0.3) is 0 Å². The number of amides is 1. The van der Waals surface area contributed by atoms with Crippen LogP contribution in [0.5, 0.6) is 0 Å². The van der Waals surface area contributed by atoms with Crippen molar-refractivity contribution in [2.24, 2.45) is 0 Å². The zero-order valence-corrected chi connectivity index (χ0v) is 14.3. The fourth-order valence-electron chi connectivity index (χ4n) is 2.60. The van der Waals surface area contributed by atoms with Crippen LogP contribution in [0.1, 0.15) is 22.8 Å². The molecule has 0 aliphatic carbocycles. The molecule has 0 aliphatic heterocycles. The molecule has 3 aromatic rings. The van der Waals surface area contributed by atoms with Gasteiger partial charge in [0.1, 0.15) is 0 Å². The number of hydrogen-bond donors (Lipinski definition) is 1. The van der Waals surface area contributed by atoms with Crippen LogP contribution in [0.15, 0.2) is 66.7 Å². The number of benzene rings is 2. The number of hydrogen-bond acceptors (Lipinski definition) is 4. The molecule has 0 unspecified atom stereocenters. The van der Waals surface area contributed by atoms with Crippen LogP contribution in [0.2, 0.25) is 0 Å². The Morgan fingerprint density at radius 1 is 1.00 bits per heavy atom. The average Bonchev–Trinajstić information content (AvgIpc) is 2.64. The Kier molecular flexibility index (Phi) is 5.04. The molecule has 126 valence electrons. The van der Waals surface area contributed by atoms with E-state index in [1.54, 1.807) is 12.1 Å². The fraction of sp³-hybridized carbons (Fsp3) is 0.150. The maximum atomic E-state index is 12.3. The topological polar surface area (TPSA) is 58.1 Å². The Morgan fingerprint density at radius 2 is 1.80 bits per heavy atom. The lowest BCUT2D eigenvalue weighted by atomic mass is 10.1. The van der Waals surface area contributed by atoms with Crippen molar-refractivity contribution in [3.63, 3.8) is 0 Å². The van der Waals surface area contributed by atoms with Crippen LogP contribution in [-0.2, 0) is 0 Å². The van der Waals surface area contributed by atoms with E-state index in [1.807, 2.05) is 61.5 Å². The third-order valence-electron chi connectivity index (χ3n) is 3.83. The van der Waals surface area contributed by atoms with E-state index in [0.29, 0.717) is 11.4 Å². The molecular weight excluding hydrogens is 312 g/mol. The normalized spacial score (nSPS) is 10.3. The Labute approximate surface area is 147 Å². The summed E-state index contributed by atoms with van der Waals surface area (Å²) in [7, 11) is 0. The lowest BCUT2D eigenvalue weighted by Crippen LogP contribution is -2.18. The minimum atomic E-state index is -0.193. The monoisotopic (exact) mass is 332 g/mol. The summed E-state index contributed by atoms with van der Waals surface area (Å²) in [6.45, 7) is 4.78. The zero-order chi connectivity index (χ0) is 17.6. The maximum Gasteiger partial charge on any atom is 0.256 e. The molecule has 5 nitrogen and oxygen atoms in total. The Morgan fingerprint density at radius 3 is 2.44 bits per heavy atom. The molecule has 0 saturated heterocycles. The Hall–Kier alpha value is -3.21. The first-order chi connectivity index (χ1) is 12.2. The van der Waals surface area contributed by atoms with Gasteiger partial charge in [0.2, 0.25) is 0 Å². The molecule has 0 bridgehead atoms. The van der Waals surface area contributed by atoms with Crippen molar-refractivity contribution in [2.45, 2.75) is 13.8 Å². The van der Waals surface area contributed by atoms with E-state index in [9.17, 15) is 4.79 Å². The van der Waals surface area contributed by atoms with E-state index < -0.39 is 0 Å². The molecule has 0 aliphatic rings. The number of para-hydroxylation sites is 1. The van der Waals surface area contributed by atoms with Crippen LogP contribution < -0.4 is 10.2 Å². The van der Waals surface area contributed by atoms with E-state index in [4.69, 9.17) is 0 Å². The molecule has 0 fully saturated rings. The Balaban J connectivity index is 1.75. The summed E-state index contributed by atoms with van der Waals surface area (Å²) in [4.78, 5) is 14.3. The summed E-state index contributed by atoms with van der Waals surface area (Å²) in [5.74, 6) is 0.975. The number of nitrogens with one attached hydrogen (secondary N) is 1. The molecule has 0 atom stereocenters. The van der Waals surface area contributed by atoms with Crippen molar-refractivity contribution >= 4 is 23.2 Å². The standard InChI is InChI=1S/C20H20N4O/c1-3-24(17-10-5-4-6-11-17)19-13-12-18(22-23-19)21-20(25)16-9-7-8-15(2)14-16/h4-14H,3H2,1-2H3,(H,21,22,25). The second-order valence-electron chi connectivity index (χ2n) is 5.68. The second-order valence-corrected chi connectivity index (χ2v) is 5.68. The number of carbonyl (C=O) groups is 1. The minimum absolute atomic E-state index is 0.193. The SMILES string of the molecule is CCN(c1ccccc1)c1ccc(NC(=O)c2cccc(C)c2)nn1. The molecule has 3 rings (SSSR count). The van der Waals surface area contributed by atoms with Gasteiger partial charge in [-0.1, -0.05) is 35.9 Å². The van der Waals surface area contributed by atoms with E-state index in [-0.39, 0.29) is 5.91 Å². The van der Waals surface area contributed by atoms with Gasteiger partial charge in [0, 0.05) is 17.8 Å². The number of carbonyl (C=O) groups excluding carboxylic acids is 1. The lowest BCUT2D eigenvalue weighted by Gasteiger charge is -2.21. The Bertz CT molecular complexity index is 847. The molecule has 0 spiro atoms. The predicted molar refractivity (Wildman–Crippen MR) is 100 cm³/mol. The average molecular weight is 332 g/mol. The highest BCUT2D eigenvalue weighted by Crippen LogP contribution is 2.22. The highest BCUT2D eigenvalue weighted by Gasteiger charge is 2.11.